The predicted octanol–water partition coefficient (Wildman–Crippen LogP) is 2.78. The van der Waals surface area contributed by atoms with E-state index >= 15 is 0 Å². The van der Waals surface area contributed by atoms with E-state index in [1.54, 1.807) is 0 Å². The second-order valence-electron chi connectivity index (χ2n) is 4.48. The van der Waals surface area contributed by atoms with E-state index < -0.39 is 5.79 Å². The molecule has 1 aromatic carbocycles. The molecule has 1 aromatic rings. The highest BCUT2D eigenvalue weighted by atomic mass is 16.7. The zero-order chi connectivity index (χ0) is 10.3. The summed E-state index contributed by atoms with van der Waals surface area (Å²) in [7, 11) is 0. The Hall–Kier alpha value is -0.860. The van der Waals surface area contributed by atoms with Crippen molar-refractivity contribution in [2.45, 2.75) is 31.5 Å². The van der Waals surface area contributed by atoms with E-state index in [9.17, 15) is 0 Å². The largest absolute Gasteiger partial charge is 0.343 e. The normalized spacial score (nSPS) is 27.9. The second kappa shape index (κ2) is 3.32. The molecule has 1 saturated heterocycles. The highest BCUT2D eigenvalue weighted by Gasteiger charge is 2.43. The number of fused-ring (bicyclic) bond motifs is 2. The third kappa shape index (κ3) is 1.32. The smallest absolute Gasteiger partial charge is 0.195 e. The Balaban J connectivity index is 2.11. The molecule has 80 valence electrons. The number of benzene rings is 1. The van der Waals surface area contributed by atoms with Crippen molar-refractivity contribution in [3.05, 3.63) is 35.4 Å². The van der Waals surface area contributed by atoms with Crippen LogP contribution in [0.2, 0.25) is 0 Å². The summed E-state index contributed by atoms with van der Waals surface area (Å²) in [5, 5.41) is 0. The standard InChI is InChI=1S/C13H16O2/c1-10-6-7-13(14-8-9-15-13)12-5-3-2-4-11(10)12/h2-5,10H,6-9H2,1H3. The zero-order valence-corrected chi connectivity index (χ0v) is 9.03. The number of rotatable bonds is 0. The van der Waals surface area contributed by atoms with Crippen molar-refractivity contribution >= 4 is 0 Å². The van der Waals surface area contributed by atoms with Crippen LogP contribution in [0.5, 0.6) is 0 Å². The molecular formula is C13H16O2. The third-order valence-corrected chi connectivity index (χ3v) is 3.56. The van der Waals surface area contributed by atoms with Gasteiger partial charge < -0.3 is 9.47 Å². The van der Waals surface area contributed by atoms with Gasteiger partial charge in [0.05, 0.1) is 13.2 Å². The van der Waals surface area contributed by atoms with Gasteiger partial charge in [-0.15, -0.1) is 0 Å². The summed E-state index contributed by atoms with van der Waals surface area (Å²) in [5.74, 6) is 0.211. The topological polar surface area (TPSA) is 18.5 Å². The van der Waals surface area contributed by atoms with Crippen molar-refractivity contribution in [1.82, 2.24) is 0 Å². The van der Waals surface area contributed by atoms with Gasteiger partial charge in [-0.25, -0.2) is 0 Å². The first-order chi connectivity index (χ1) is 7.32. The molecule has 3 rings (SSSR count). The molecule has 0 radical (unpaired) electrons. The van der Waals surface area contributed by atoms with Gasteiger partial charge in [0, 0.05) is 12.0 Å². The van der Waals surface area contributed by atoms with Gasteiger partial charge in [0.25, 0.3) is 0 Å². The van der Waals surface area contributed by atoms with Crippen molar-refractivity contribution in [2.75, 3.05) is 13.2 Å². The minimum absolute atomic E-state index is 0.414. The summed E-state index contributed by atoms with van der Waals surface area (Å²) in [5.41, 5.74) is 2.65. The molecule has 2 nitrogen and oxygen atoms in total. The fourth-order valence-corrected chi connectivity index (χ4v) is 2.72. The summed E-state index contributed by atoms with van der Waals surface area (Å²) in [6, 6.07) is 8.52. The van der Waals surface area contributed by atoms with E-state index in [1.165, 1.54) is 11.1 Å². The minimum atomic E-state index is -0.414. The highest BCUT2D eigenvalue weighted by molar-refractivity contribution is 5.36. The van der Waals surface area contributed by atoms with Gasteiger partial charge in [-0.05, 0) is 17.9 Å². The average molecular weight is 204 g/mol. The van der Waals surface area contributed by atoms with Crippen LogP contribution in [0.3, 0.4) is 0 Å². The van der Waals surface area contributed by atoms with Crippen LogP contribution in [0, 0.1) is 0 Å². The summed E-state index contributed by atoms with van der Waals surface area (Å²) in [6.45, 7) is 3.73. The Bertz CT molecular complexity index is 367. The van der Waals surface area contributed by atoms with Crippen LogP contribution in [0.1, 0.15) is 36.8 Å². The monoisotopic (exact) mass is 204 g/mol. The van der Waals surface area contributed by atoms with E-state index in [2.05, 4.69) is 31.2 Å². The van der Waals surface area contributed by atoms with E-state index in [0.717, 1.165) is 26.1 Å². The first kappa shape index (κ1) is 9.37. The zero-order valence-electron chi connectivity index (χ0n) is 9.03. The van der Waals surface area contributed by atoms with Gasteiger partial charge in [-0.1, -0.05) is 31.2 Å². The summed E-state index contributed by atoms with van der Waals surface area (Å²) >= 11 is 0. The molecule has 1 aliphatic carbocycles. The van der Waals surface area contributed by atoms with Crippen molar-refractivity contribution in [1.29, 1.82) is 0 Å². The lowest BCUT2D eigenvalue weighted by Gasteiger charge is -2.36. The maximum Gasteiger partial charge on any atom is 0.195 e. The molecule has 0 bridgehead atoms. The fraction of sp³-hybridized carbons (Fsp3) is 0.538. The van der Waals surface area contributed by atoms with Gasteiger partial charge in [-0.3, -0.25) is 0 Å². The Morgan fingerprint density at radius 3 is 2.73 bits per heavy atom. The van der Waals surface area contributed by atoms with Crippen molar-refractivity contribution in [2.24, 2.45) is 0 Å². The van der Waals surface area contributed by atoms with Gasteiger partial charge in [0.2, 0.25) is 0 Å². The molecule has 15 heavy (non-hydrogen) atoms. The average Bonchev–Trinajstić information content (AvgIpc) is 2.74. The molecule has 1 heterocycles. The van der Waals surface area contributed by atoms with Gasteiger partial charge in [0.1, 0.15) is 0 Å². The van der Waals surface area contributed by atoms with Crippen LogP contribution in [0.25, 0.3) is 0 Å². The summed E-state index contributed by atoms with van der Waals surface area (Å²) in [4.78, 5) is 0. The van der Waals surface area contributed by atoms with Crippen LogP contribution in [0.4, 0.5) is 0 Å². The van der Waals surface area contributed by atoms with Gasteiger partial charge in [0.15, 0.2) is 5.79 Å². The molecule has 0 N–H and O–H groups in total. The molecule has 1 spiro atoms. The molecular weight excluding hydrogens is 188 g/mol. The summed E-state index contributed by atoms with van der Waals surface area (Å²) in [6.07, 6.45) is 2.14. The third-order valence-electron chi connectivity index (χ3n) is 3.56. The maximum absolute atomic E-state index is 5.83. The Labute approximate surface area is 90.2 Å². The van der Waals surface area contributed by atoms with Crippen LogP contribution in [-0.2, 0) is 15.3 Å². The molecule has 2 heteroatoms. The van der Waals surface area contributed by atoms with E-state index in [4.69, 9.17) is 9.47 Å². The number of ether oxygens (including phenoxy) is 2. The molecule has 1 aliphatic heterocycles. The van der Waals surface area contributed by atoms with Crippen molar-refractivity contribution in [3.63, 3.8) is 0 Å². The fourth-order valence-electron chi connectivity index (χ4n) is 2.72. The first-order valence-corrected chi connectivity index (χ1v) is 5.69. The molecule has 0 amide bonds. The van der Waals surface area contributed by atoms with E-state index in [-0.39, 0.29) is 0 Å². The molecule has 1 unspecified atom stereocenters. The Morgan fingerprint density at radius 1 is 1.20 bits per heavy atom. The van der Waals surface area contributed by atoms with Crippen LogP contribution in [0.15, 0.2) is 24.3 Å². The predicted molar refractivity (Wildman–Crippen MR) is 57.7 cm³/mol. The lowest BCUT2D eigenvalue weighted by Crippen LogP contribution is -2.32. The number of hydrogen-bond acceptors (Lipinski definition) is 2. The van der Waals surface area contributed by atoms with E-state index in [0.29, 0.717) is 5.92 Å². The van der Waals surface area contributed by atoms with E-state index in [1.807, 2.05) is 0 Å². The van der Waals surface area contributed by atoms with Crippen LogP contribution in [-0.4, -0.2) is 13.2 Å². The SMILES string of the molecule is CC1CCC2(OCCO2)c2ccccc21. The lowest BCUT2D eigenvalue weighted by molar-refractivity contribution is -0.176. The number of hydrogen-bond donors (Lipinski definition) is 0. The molecule has 1 fully saturated rings. The quantitative estimate of drug-likeness (QED) is 0.647. The minimum Gasteiger partial charge on any atom is -0.343 e. The van der Waals surface area contributed by atoms with Gasteiger partial charge >= 0.3 is 0 Å². The maximum atomic E-state index is 5.83. The molecule has 0 aromatic heterocycles. The van der Waals surface area contributed by atoms with Crippen molar-refractivity contribution < 1.29 is 9.47 Å². The van der Waals surface area contributed by atoms with Gasteiger partial charge in [-0.2, -0.15) is 0 Å². The Kier molecular flexibility index (Phi) is 2.08. The lowest BCUT2D eigenvalue weighted by atomic mass is 9.80. The Morgan fingerprint density at radius 2 is 1.93 bits per heavy atom. The highest BCUT2D eigenvalue weighted by Crippen LogP contribution is 2.45. The van der Waals surface area contributed by atoms with Crippen LogP contribution >= 0.6 is 0 Å². The van der Waals surface area contributed by atoms with Crippen LogP contribution < -0.4 is 0 Å². The molecule has 1 atom stereocenters. The summed E-state index contributed by atoms with van der Waals surface area (Å²) < 4.78 is 11.7. The van der Waals surface area contributed by atoms with Crippen molar-refractivity contribution in [3.8, 4) is 0 Å². The molecule has 2 aliphatic rings. The first-order valence-electron chi connectivity index (χ1n) is 5.69. The molecule has 0 saturated carbocycles. The second-order valence-corrected chi connectivity index (χ2v) is 4.48.